The number of imide groups is 1. The SMILES string of the molecule is C[C@@H]1CCC[C@H](C)C12NC(=O)N(CCS(C)(=O)=O)C2=O. The number of nitrogens with one attached hydrogen (secondary N) is 1. The van der Waals surface area contributed by atoms with E-state index in [1.807, 2.05) is 13.8 Å². The molecule has 1 saturated heterocycles. The van der Waals surface area contributed by atoms with E-state index in [4.69, 9.17) is 0 Å². The third-order valence-electron chi connectivity index (χ3n) is 4.67. The van der Waals surface area contributed by atoms with Crippen LogP contribution in [0, 0.1) is 11.8 Å². The maximum atomic E-state index is 12.7. The van der Waals surface area contributed by atoms with E-state index in [9.17, 15) is 18.0 Å². The predicted molar refractivity (Wildman–Crippen MR) is 74.9 cm³/mol. The van der Waals surface area contributed by atoms with Crippen LogP contribution < -0.4 is 5.32 Å². The van der Waals surface area contributed by atoms with E-state index in [-0.39, 0.29) is 30.0 Å². The molecule has 1 aliphatic heterocycles. The zero-order valence-electron chi connectivity index (χ0n) is 12.2. The first kappa shape index (κ1) is 15.3. The van der Waals surface area contributed by atoms with Gasteiger partial charge >= 0.3 is 6.03 Å². The van der Waals surface area contributed by atoms with Crippen molar-refractivity contribution < 1.29 is 18.0 Å². The summed E-state index contributed by atoms with van der Waals surface area (Å²) in [6.07, 6.45) is 3.95. The number of urea groups is 1. The molecule has 1 heterocycles. The maximum Gasteiger partial charge on any atom is 0.325 e. The topological polar surface area (TPSA) is 83.6 Å². The van der Waals surface area contributed by atoms with Crippen LogP contribution in [0.1, 0.15) is 33.1 Å². The Kier molecular flexibility index (Phi) is 3.83. The van der Waals surface area contributed by atoms with Crippen LogP contribution in [0.2, 0.25) is 0 Å². The second-order valence-corrected chi connectivity index (χ2v) is 8.38. The number of amides is 3. The van der Waals surface area contributed by atoms with Gasteiger partial charge in [0.1, 0.15) is 15.4 Å². The lowest BCUT2D eigenvalue weighted by Crippen LogP contribution is -2.58. The lowest BCUT2D eigenvalue weighted by Gasteiger charge is -2.42. The molecular formula is C13H22N2O4S. The van der Waals surface area contributed by atoms with Gasteiger partial charge in [0, 0.05) is 12.8 Å². The van der Waals surface area contributed by atoms with Crippen LogP contribution in [0.25, 0.3) is 0 Å². The fourth-order valence-corrected chi connectivity index (χ4v) is 3.93. The maximum absolute atomic E-state index is 12.7. The first-order valence-electron chi connectivity index (χ1n) is 7.00. The minimum absolute atomic E-state index is 0.0648. The van der Waals surface area contributed by atoms with Gasteiger partial charge in [-0.15, -0.1) is 0 Å². The molecule has 0 aromatic heterocycles. The van der Waals surface area contributed by atoms with E-state index in [0.717, 1.165) is 30.4 Å². The van der Waals surface area contributed by atoms with Gasteiger partial charge in [0.25, 0.3) is 5.91 Å². The molecule has 2 aliphatic rings. The van der Waals surface area contributed by atoms with Crippen LogP contribution >= 0.6 is 0 Å². The molecule has 2 fully saturated rings. The largest absolute Gasteiger partial charge is 0.325 e. The average molecular weight is 302 g/mol. The van der Waals surface area contributed by atoms with Crippen molar-refractivity contribution in [2.24, 2.45) is 11.8 Å². The molecule has 1 aliphatic carbocycles. The second-order valence-electron chi connectivity index (χ2n) is 6.12. The van der Waals surface area contributed by atoms with Crippen molar-refractivity contribution in [3.63, 3.8) is 0 Å². The van der Waals surface area contributed by atoms with E-state index >= 15 is 0 Å². The highest BCUT2D eigenvalue weighted by atomic mass is 32.2. The molecule has 1 saturated carbocycles. The third-order valence-corrected chi connectivity index (χ3v) is 5.60. The summed E-state index contributed by atoms with van der Waals surface area (Å²) in [5.74, 6) is -0.298. The molecule has 0 aromatic carbocycles. The van der Waals surface area contributed by atoms with Crippen LogP contribution in [-0.4, -0.2) is 49.3 Å². The molecule has 1 unspecified atom stereocenters. The minimum Gasteiger partial charge on any atom is -0.323 e. The van der Waals surface area contributed by atoms with Gasteiger partial charge in [0.2, 0.25) is 0 Å². The molecule has 1 spiro atoms. The van der Waals surface area contributed by atoms with Gasteiger partial charge < -0.3 is 5.32 Å². The van der Waals surface area contributed by atoms with Gasteiger partial charge in [-0.25, -0.2) is 13.2 Å². The Labute approximate surface area is 119 Å². The smallest absolute Gasteiger partial charge is 0.323 e. The highest BCUT2D eigenvalue weighted by molar-refractivity contribution is 7.90. The number of sulfone groups is 1. The lowest BCUT2D eigenvalue weighted by atomic mass is 9.67. The zero-order valence-corrected chi connectivity index (χ0v) is 13.0. The molecule has 1 N–H and O–H groups in total. The van der Waals surface area contributed by atoms with Gasteiger partial charge in [-0.05, 0) is 24.7 Å². The number of carbonyl (C=O) groups is 2. The summed E-state index contributed by atoms with van der Waals surface area (Å²) >= 11 is 0. The Bertz CT molecular complexity index is 518. The summed E-state index contributed by atoms with van der Waals surface area (Å²) in [7, 11) is -3.20. The number of hydrogen-bond acceptors (Lipinski definition) is 4. The first-order chi connectivity index (χ1) is 9.18. The van der Waals surface area contributed by atoms with Crippen LogP contribution in [-0.2, 0) is 14.6 Å². The summed E-state index contributed by atoms with van der Waals surface area (Å²) in [5, 5.41) is 2.85. The van der Waals surface area contributed by atoms with E-state index < -0.39 is 21.4 Å². The Morgan fingerprint density at radius 2 is 1.80 bits per heavy atom. The van der Waals surface area contributed by atoms with E-state index in [2.05, 4.69) is 5.32 Å². The van der Waals surface area contributed by atoms with E-state index in [1.54, 1.807) is 0 Å². The lowest BCUT2D eigenvalue weighted by molar-refractivity contribution is -0.136. The molecule has 7 heteroatoms. The Morgan fingerprint density at radius 1 is 1.25 bits per heavy atom. The minimum atomic E-state index is -3.20. The van der Waals surface area contributed by atoms with Gasteiger partial charge in [0.15, 0.2) is 0 Å². The van der Waals surface area contributed by atoms with Crippen molar-refractivity contribution in [2.45, 2.75) is 38.6 Å². The summed E-state index contributed by atoms with van der Waals surface area (Å²) in [6.45, 7) is 3.90. The van der Waals surface area contributed by atoms with Gasteiger partial charge in [-0.1, -0.05) is 20.3 Å². The number of carbonyl (C=O) groups excluding carboxylic acids is 2. The summed E-state index contributed by atoms with van der Waals surface area (Å²) in [5.41, 5.74) is -0.840. The van der Waals surface area contributed by atoms with Crippen molar-refractivity contribution in [3.05, 3.63) is 0 Å². The Balaban J connectivity index is 2.23. The van der Waals surface area contributed by atoms with Crippen LogP contribution in [0.15, 0.2) is 0 Å². The number of rotatable bonds is 3. The summed E-state index contributed by atoms with van der Waals surface area (Å²) in [6, 6.07) is -0.459. The van der Waals surface area contributed by atoms with Crippen LogP contribution in [0.4, 0.5) is 4.79 Å². The molecular weight excluding hydrogens is 280 g/mol. The molecule has 2 rings (SSSR count). The zero-order chi connectivity index (χ0) is 15.1. The van der Waals surface area contributed by atoms with Crippen LogP contribution in [0.5, 0.6) is 0 Å². The van der Waals surface area contributed by atoms with Gasteiger partial charge in [0.05, 0.1) is 5.75 Å². The summed E-state index contributed by atoms with van der Waals surface area (Å²) < 4.78 is 22.5. The quantitative estimate of drug-likeness (QED) is 0.781. The average Bonchev–Trinajstić information content (AvgIpc) is 2.56. The van der Waals surface area contributed by atoms with E-state index in [0.29, 0.717) is 0 Å². The molecule has 3 atom stereocenters. The highest BCUT2D eigenvalue weighted by Gasteiger charge is 2.58. The number of nitrogens with zero attached hydrogens (tertiary/aromatic N) is 1. The van der Waals surface area contributed by atoms with Crippen LogP contribution in [0.3, 0.4) is 0 Å². The molecule has 6 nitrogen and oxygen atoms in total. The Morgan fingerprint density at radius 3 is 2.30 bits per heavy atom. The second kappa shape index (κ2) is 5.02. The monoisotopic (exact) mass is 302 g/mol. The first-order valence-corrected chi connectivity index (χ1v) is 9.06. The predicted octanol–water partition coefficient (Wildman–Crippen LogP) is 0.778. The van der Waals surface area contributed by atoms with Gasteiger partial charge in [-0.2, -0.15) is 0 Å². The number of hydrogen-bond donors (Lipinski definition) is 1. The highest BCUT2D eigenvalue weighted by Crippen LogP contribution is 2.42. The Hall–Kier alpha value is -1.11. The molecule has 0 radical (unpaired) electrons. The van der Waals surface area contributed by atoms with Crippen molar-refractivity contribution in [3.8, 4) is 0 Å². The fourth-order valence-electron chi connectivity index (χ4n) is 3.41. The third kappa shape index (κ3) is 2.43. The normalized spacial score (nSPS) is 34.6. The van der Waals surface area contributed by atoms with Crippen molar-refractivity contribution >= 4 is 21.8 Å². The standard InChI is InChI=1S/C13H22N2O4S/c1-9-5-4-6-10(2)13(9)11(16)15(12(17)14-13)7-8-20(3,18)19/h9-10H,4-8H2,1-3H3,(H,14,17)/t9-,10+,13?. The van der Waals surface area contributed by atoms with E-state index in [1.165, 1.54) is 0 Å². The van der Waals surface area contributed by atoms with Crippen molar-refractivity contribution in [2.75, 3.05) is 18.6 Å². The summed E-state index contributed by atoms with van der Waals surface area (Å²) in [4.78, 5) is 25.8. The molecule has 20 heavy (non-hydrogen) atoms. The molecule has 0 aromatic rings. The molecule has 0 bridgehead atoms. The van der Waals surface area contributed by atoms with Crippen molar-refractivity contribution in [1.82, 2.24) is 10.2 Å². The molecule has 114 valence electrons. The fraction of sp³-hybridized carbons (Fsp3) is 0.846. The van der Waals surface area contributed by atoms with Crippen molar-refractivity contribution in [1.29, 1.82) is 0 Å². The van der Waals surface area contributed by atoms with Gasteiger partial charge in [-0.3, -0.25) is 9.69 Å². The molecule has 3 amide bonds.